The number of hydrogen-bond donors (Lipinski definition) is 1. The van der Waals surface area contributed by atoms with Gasteiger partial charge in [-0.25, -0.2) is 5.43 Å². The van der Waals surface area contributed by atoms with Gasteiger partial charge in [-0.15, -0.1) is 0 Å². The van der Waals surface area contributed by atoms with Gasteiger partial charge in [0.2, 0.25) is 5.91 Å². The van der Waals surface area contributed by atoms with Crippen molar-refractivity contribution in [3.05, 3.63) is 35.4 Å². The fraction of sp³-hybridized carbons (Fsp3) is 0.467. The standard InChI is InChI=1S/C15H22N2O/c1-4-6-7-15(18)17-16-12(3)14-10-8-13(5-2)9-11-14/h8-11H,4-7H2,1-3H3,(H,17,18)/b16-12+. The largest absolute Gasteiger partial charge is 0.273 e. The van der Waals surface area contributed by atoms with Gasteiger partial charge in [0.25, 0.3) is 0 Å². The minimum absolute atomic E-state index is 0.0126. The summed E-state index contributed by atoms with van der Waals surface area (Å²) in [5, 5.41) is 4.12. The summed E-state index contributed by atoms with van der Waals surface area (Å²) in [6, 6.07) is 8.26. The lowest BCUT2D eigenvalue weighted by molar-refractivity contribution is -0.121. The Morgan fingerprint density at radius 2 is 1.89 bits per heavy atom. The maximum atomic E-state index is 11.4. The van der Waals surface area contributed by atoms with Crippen LogP contribution < -0.4 is 5.43 Å². The third kappa shape index (κ3) is 4.70. The first-order chi connectivity index (χ1) is 8.67. The minimum Gasteiger partial charge on any atom is -0.273 e. The van der Waals surface area contributed by atoms with Crippen molar-refractivity contribution in [2.24, 2.45) is 5.10 Å². The van der Waals surface area contributed by atoms with Crippen LogP contribution in [-0.4, -0.2) is 11.6 Å². The van der Waals surface area contributed by atoms with E-state index in [4.69, 9.17) is 0 Å². The van der Waals surface area contributed by atoms with Crippen LogP contribution in [0.3, 0.4) is 0 Å². The average molecular weight is 246 g/mol. The second-order valence-corrected chi connectivity index (χ2v) is 4.39. The van der Waals surface area contributed by atoms with Crippen LogP contribution in [-0.2, 0) is 11.2 Å². The van der Waals surface area contributed by atoms with E-state index in [0.717, 1.165) is 30.5 Å². The summed E-state index contributed by atoms with van der Waals surface area (Å²) < 4.78 is 0. The average Bonchev–Trinajstić information content (AvgIpc) is 2.42. The van der Waals surface area contributed by atoms with Gasteiger partial charge in [0.05, 0.1) is 5.71 Å². The highest BCUT2D eigenvalue weighted by atomic mass is 16.2. The van der Waals surface area contributed by atoms with Gasteiger partial charge in [-0.3, -0.25) is 4.79 Å². The van der Waals surface area contributed by atoms with E-state index in [1.54, 1.807) is 0 Å². The predicted molar refractivity (Wildman–Crippen MR) is 75.7 cm³/mol. The van der Waals surface area contributed by atoms with E-state index in [1.807, 2.05) is 19.1 Å². The molecule has 0 aromatic heterocycles. The van der Waals surface area contributed by atoms with Gasteiger partial charge in [-0.1, -0.05) is 44.5 Å². The summed E-state index contributed by atoms with van der Waals surface area (Å²) in [6.07, 6.45) is 3.51. The molecule has 98 valence electrons. The molecule has 0 atom stereocenters. The zero-order valence-corrected chi connectivity index (χ0v) is 11.5. The van der Waals surface area contributed by atoms with Crippen molar-refractivity contribution in [2.45, 2.75) is 46.5 Å². The first-order valence-corrected chi connectivity index (χ1v) is 6.59. The number of nitrogens with one attached hydrogen (secondary N) is 1. The molecule has 0 unspecified atom stereocenters. The van der Waals surface area contributed by atoms with Crippen molar-refractivity contribution in [1.82, 2.24) is 5.43 Å². The Kier molecular flexibility index (Phi) is 6.12. The number of benzene rings is 1. The Morgan fingerprint density at radius 3 is 2.44 bits per heavy atom. The third-order valence-electron chi connectivity index (χ3n) is 2.89. The van der Waals surface area contributed by atoms with E-state index in [0.29, 0.717) is 6.42 Å². The molecule has 0 bridgehead atoms. The molecule has 0 heterocycles. The van der Waals surface area contributed by atoms with Crippen molar-refractivity contribution in [3.63, 3.8) is 0 Å². The van der Waals surface area contributed by atoms with Crippen LogP contribution >= 0.6 is 0 Å². The van der Waals surface area contributed by atoms with Crippen LogP contribution in [0.15, 0.2) is 29.4 Å². The molecular formula is C15H22N2O. The van der Waals surface area contributed by atoms with Gasteiger partial charge in [-0.05, 0) is 30.9 Å². The van der Waals surface area contributed by atoms with Crippen LogP contribution in [0.2, 0.25) is 0 Å². The van der Waals surface area contributed by atoms with E-state index in [2.05, 4.69) is 36.5 Å². The van der Waals surface area contributed by atoms with Crippen LogP contribution in [0.5, 0.6) is 0 Å². The molecule has 3 nitrogen and oxygen atoms in total. The van der Waals surface area contributed by atoms with Crippen LogP contribution in [0, 0.1) is 0 Å². The number of hydrogen-bond acceptors (Lipinski definition) is 2. The lowest BCUT2D eigenvalue weighted by atomic mass is 10.1. The first-order valence-electron chi connectivity index (χ1n) is 6.59. The summed E-state index contributed by atoms with van der Waals surface area (Å²) in [5.74, 6) is -0.0126. The summed E-state index contributed by atoms with van der Waals surface area (Å²) in [4.78, 5) is 11.4. The van der Waals surface area contributed by atoms with Gasteiger partial charge < -0.3 is 0 Å². The molecule has 0 saturated heterocycles. The molecule has 1 rings (SSSR count). The molecule has 0 radical (unpaired) electrons. The molecule has 1 aromatic rings. The van der Waals surface area contributed by atoms with Gasteiger partial charge in [0, 0.05) is 6.42 Å². The maximum absolute atomic E-state index is 11.4. The Balaban J connectivity index is 2.56. The summed E-state index contributed by atoms with van der Waals surface area (Å²) in [5.41, 5.74) is 5.78. The van der Waals surface area contributed by atoms with Crippen LogP contribution in [0.1, 0.15) is 51.2 Å². The normalized spacial score (nSPS) is 11.4. The lowest BCUT2D eigenvalue weighted by Crippen LogP contribution is -2.18. The number of rotatable bonds is 6. The fourth-order valence-electron chi connectivity index (χ4n) is 1.59. The van der Waals surface area contributed by atoms with Crippen molar-refractivity contribution in [3.8, 4) is 0 Å². The number of amides is 1. The second-order valence-electron chi connectivity index (χ2n) is 4.39. The molecule has 1 amide bonds. The predicted octanol–water partition coefficient (Wildman–Crippen LogP) is 3.28. The molecule has 0 fully saturated rings. The third-order valence-corrected chi connectivity index (χ3v) is 2.89. The van der Waals surface area contributed by atoms with E-state index < -0.39 is 0 Å². The molecule has 0 aliphatic heterocycles. The van der Waals surface area contributed by atoms with Gasteiger partial charge in [0.15, 0.2) is 0 Å². The van der Waals surface area contributed by atoms with Crippen molar-refractivity contribution in [1.29, 1.82) is 0 Å². The number of nitrogens with zero attached hydrogens (tertiary/aromatic N) is 1. The SMILES string of the molecule is CCCCC(=O)N/N=C(\C)c1ccc(CC)cc1. The van der Waals surface area contributed by atoms with Crippen molar-refractivity contribution in [2.75, 3.05) is 0 Å². The molecule has 1 N–H and O–H groups in total. The van der Waals surface area contributed by atoms with Gasteiger partial charge >= 0.3 is 0 Å². The number of carbonyl (C=O) groups is 1. The molecule has 1 aromatic carbocycles. The van der Waals surface area contributed by atoms with Crippen molar-refractivity contribution < 1.29 is 4.79 Å². The lowest BCUT2D eigenvalue weighted by Gasteiger charge is -2.03. The number of aryl methyl sites for hydroxylation is 1. The van der Waals surface area contributed by atoms with Gasteiger partial charge in [0.1, 0.15) is 0 Å². The highest BCUT2D eigenvalue weighted by molar-refractivity contribution is 5.99. The maximum Gasteiger partial charge on any atom is 0.240 e. The van der Waals surface area contributed by atoms with E-state index >= 15 is 0 Å². The fourth-order valence-corrected chi connectivity index (χ4v) is 1.59. The summed E-state index contributed by atoms with van der Waals surface area (Å²) in [6.45, 7) is 6.10. The highest BCUT2D eigenvalue weighted by Crippen LogP contribution is 2.06. The molecular weight excluding hydrogens is 224 g/mol. The summed E-state index contributed by atoms with van der Waals surface area (Å²) >= 11 is 0. The smallest absolute Gasteiger partial charge is 0.240 e. The van der Waals surface area contributed by atoms with Crippen molar-refractivity contribution >= 4 is 11.6 Å². The quantitative estimate of drug-likeness (QED) is 0.607. The second kappa shape index (κ2) is 7.64. The number of unbranched alkanes of at least 4 members (excludes halogenated alkanes) is 1. The minimum atomic E-state index is -0.0126. The zero-order chi connectivity index (χ0) is 13.4. The monoisotopic (exact) mass is 246 g/mol. The van der Waals surface area contributed by atoms with E-state index in [1.165, 1.54) is 5.56 Å². The molecule has 0 spiro atoms. The topological polar surface area (TPSA) is 41.5 Å². The molecule has 0 saturated carbocycles. The van der Waals surface area contributed by atoms with Gasteiger partial charge in [-0.2, -0.15) is 5.10 Å². The Morgan fingerprint density at radius 1 is 1.22 bits per heavy atom. The molecule has 3 heteroatoms. The number of hydrazone groups is 1. The number of carbonyl (C=O) groups excluding carboxylic acids is 1. The van der Waals surface area contributed by atoms with Crippen LogP contribution in [0.25, 0.3) is 0 Å². The van der Waals surface area contributed by atoms with Crippen LogP contribution in [0.4, 0.5) is 0 Å². The molecule has 0 aliphatic carbocycles. The Hall–Kier alpha value is -1.64. The Labute approximate surface area is 109 Å². The van der Waals surface area contributed by atoms with E-state index in [9.17, 15) is 4.79 Å². The summed E-state index contributed by atoms with van der Waals surface area (Å²) in [7, 11) is 0. The Bertz CT molecular complexity index is 407. The molecule has 0 aliphatic rings. The zero-order valence-electron chi connectivity index (χ0n) is 11.5. The first kappa shape index (κ1) is 14.4. The molecule has 18 heavy (non-hydrogen) atoms. The van der Waals surface area contributed by atoms with E-state index in [-0.39, 0.29) is 5.91 Å². The highest BCUT2D eigenvalue weighted by Gasteiger charge is 2.00.